The molecule has 0 bridgehead atoms. The quantitative estimate of drug-likeness (QED) is 0.519. The van der Waals surface area contributed by atoms with Crippen molar-refractivity contribution < 1.29 is 4.79 Å². The summed E-state index contributed by atoms with van der Waals surface area (Å²) in [6, 6.07) is 16.0. The first kappa shape index (κ1) is 16.1. The number of carbonyl (C=O) groups is 1. The Morgan fingerprint density at radius 1 is 1.12 bits per heavy atom. The highest BCUT2D eigenvalue weighted by atomic mass is 32.1. The van der Waals surface area contributed by atoms with Crippen molar-refractivity contribution in [1.29, 1.82) is 0 Å². The number of benzene rings is 1. The molecule has 0 radical (unpaired) electrons. The van der Waals surface area contributed by atoms with E-state index >= 15 is 0 Å². The van der Waals surface area contributed by atoms with Gasteiger partial charge in [0.25, 0.3) is 5.91 Å². The van der Waals surface area contributed by atoms with Gasteiger partial charge in [0.1, 0.15) is 0 Å². The van der Waals surface area contributed by atoms with Crippen molar-refractivity contribution in [3.05, 3.63) is 75.7 Å². The number of para-hydroxylation sites is 1. The Balaban J connectivity index is 1.65. The van der Waals surface area contributed by atoms with Gasteiger partial charge in [-0.3, -0.25) is 4.79 Å². The summed E-state index contributed by atoms with van der Waals surface area (Å²) >= 11 is 3.13. The molecule has 0 saturated carbocycles. The molecule has 3 aromatic heterocycles. The smallest absolute Gasteiger partial charge is 0.283 e. The summed E-state index contributed by atoms with van der Waals surface area (Å²) in [6.07, 6.45) is 2.00. The van der Waals surface area contributed by atoms with Crippen molar-refractivity contribution in [2.75, 3.05) is 0 Å². The van der Waals surface area contributed by atoms with Gasteiger partial charge in [0, 0.05) is 23.8 Å². The molecule has 4 nitrogen and oxygen atoms in total. The van der Waals surface area contributed by atoms with Crippen LogP contribution in [0.2, 0.25) is 0 Å². The maximum atomic E-state index is 13.1. The Labute approximate surface area is 154 Å². The van der Waals surface area contributed by atoms with Crippen molar-refractivity contribution in [3.8, 4) is 0 Å². The molecule has 126 valence electrons. The normalized spacial score (nSPS) is 11.1. The third-order valence-corrected chi connectivity index (χ3v) is 5.98. The second kappa shape index (κ2) is 6.82. The highest BCUT2D eigenvalue weighted by Gasteiger charge is 2.21. The zero-order valence-corrected chi connectivity index (χ0v) is 15.4. The first-order chi connectivity index (χ1) is 12.2. The fourth-order valence-electron chi connectivity index (χ4n) is 2.75. The summed E-state index contributed by atoms with van der Waals surface area (Å²) in [4.78, 5) is 20.7. The van der Waals surface area contributed by atoms with E-state index in [1.54, 1.807) is 11.3 Å². The highest BCUT2D eigenvalue weighted by Crippen LogP contribution is 2.24. The van der Waals surface area contributed by atoms with Gasteiger partial charge < -0.3 is 9.47 Å². The minimum atomic E-state index is -0.0178. The lowest BCUT2D eigenvalue weighted by Gasteiger charge is -2.21. The molecule has 0 atom stereocenters. The van der Waals surface area contributed by atoms with E-state index in [1.165, 1.54) is 16.2 Å². The third kappa shape index (κ3) is 3.36. The molecule has 6 heteroatoms. The fourth-order valence-corrected chi connectivity index (χ4v) is 4.40. The molecule has 0 spiro atoms. The van der Waals surface area contributed by atoms with E-state index in [4.69, 9.17) is 0 Å². The molecule has 3 heterocycles. The summed E-state index contributed by atoms with van der Waals surface area (Å²) < 4.78 is 3.09. The molecule has 0 fully saturated rings. The van der Waals surface area contributed by atoms with Crippen molar-refractivity contribution in [3.63, 3.8) is 0 Å². The Morgan fingerprint density at radius 3 is 2.72 bits per heavy atom. The van der Waals surface area contributed by atoms with Crippen LogP contribution in [0.25, 0.3) is 10.2 Å². The lowest BCUT2D eigenvalue weighted by atomic mass is 10.3. The standard InChI is InChI=1S/C19H17N3OS2/c1-21-10-4-6-14(21)12-22(13-15-7-5-11-24-15)19(23)18-20-16-8-2-3-9-17(16)25-18/h2-11H,12-13H2,1H3. The summed E-state index contributed by atoms with van der Waals surface area (Å²) in [5, 5.41) is 2.59. The van der Waals surface area contributed by atoms with Crippen molar-refractivity contribution in [2.24, 2.45) is 7.05 Å². The average molecular weight is 367 g/mol. The van der Waals surface area contributed by atoms with Gasteiger partial charge >= 0.3 is 0 Å². The number of fused-ring (bicyclic) bond motifs is 1. The summed E-state index contributed by atoms with van der Waals surface area (Å²) in [5.41, 5.74) is 1.98. The molecule has 0 N–H and O–H groups in total. The zero-order chi connectivity index (χ0) is 17.2. The number of aromatic nitrogens is 2. The monoisotopic (exact) mass is 367 g/mol. The van der Waals surface area contributed by atoms with E-state index in [9.17, 15) is 4.79 Å². The second-order valence-corrected chi connectivity index (χ2v) is 7.90. The van der Waals surface area contributed by atoms with Crippen LogP contribution in [-0.2, 0) is 20.1 Å². The van der Waals surface area contributed by atoms with Gasteiger partial charge in [-0.15, -0.1) is 22.7 Å². The lowest BCUT2D eigenvalue weighted by molar-refractivity contribution is 0.0728. The number of aryl methyl sites for hydroxylation is 1. The Bertz CT molecular complexity index is 968. The largest absolute Gasteiger partial charge is 0.353 e. The number of rotatable bonds is 5. The molecule has 25 heavy (non-hydrogen) atoms. The van der Waals surface area contributed by atoms with Gasteiger partial charge in [-0.1, -0.05) is 18.2 Å². The van der Waals surface area contributed by atoms with E-state index < -0.39 is 0 Å². The SMILES string of the molecule is Cn1cccc1CN(Cc1cccs1)C(=O)c1nc2ccccc2s1. The second-order valence-electron chi connectivity index (χ2n) is 5.84. The number of hydrogen-bond acceptors (Lipinski definition) is 4. The lowest BCUT2D eigenvalue weighted by Crippen LogP contribution is -2.30. The average Bonchev–Trinajstić information content (AvgIpc) is 3.35. The zero-order valence-electron chi connectivity index (χ0n) is 13.8. The molecule has 1 aromatic carbocycles. The van der Waals surface area contributed by atoms with Gasteiger partial charge in [-0.2, -0.15) is 0 Å². The van der Waals surface area contributed by atoms with Gasteiger partial charge in [0.05, 0.1) is 23.3 Å². The highest BCUT2D eigenvalue weighted by molar-refractivity contribution is 7.20. The summed E-state index contributed by atoms with van der Waals surface area (Å²) in [7, 11) is 2.00. The molecule has 4 aromatic rings. The number of carbonyl (C=O) groups excluding carboxylic acids is 1. The Morgan fingerprint density at radius 2 is 2.00 bits per heavy atom. The topological polar surface area (TPSA) is 38.1 Å². The first-order valence-corrected chi connectivity index (χ1v) is 9.68. The Hall–Kier alpha value is -2.44. The molecule has 0 aliphatic heterocycles. The van der Waals surface area contributed by atoms with Crippen LogP contribution in [0.1, 0.15) is 20.4 Å². The molecule has 4 rings (SSSR count). The number of nitrogens with zero attached hydrogens (tertiary/aromatic N) is 3. The van der Waals surface area contributed by atoms with Crippen LogP contribution < -0.4 is 0 Å². The van der Waals surface area contributed by atoms with Crippen LogP contribution in [0.15, 0.2) is 60.1 Å². The molecular formula is C19H17N3OS2. The van der Waals surface area contributed by atoms with Gasteiger partial charge in [-0.05, 0) is 35.7 Å². The van der Waals surface area contributed by atoms with Crippen molar-refractivity contribution >= 4 is 38.8 Å². The summed E-state index contributed by atoms with van der Waals surface area (Å²) in [6.45, 7) is 1.16. The minimum absolute atomic E-state index is 0.0178. The van der Waals surface area contributed by atoms with Crippen LogP contribution in [0.4, 0.5) is 0 Å². The van der Waals surface area contributed by atoms with Crippen LogP contribution >= 0.6 is 22.7 Å². The van der Waals surface area contributed by atoms with E-state index in [1.807, 2.05) is 70.6 Å². The third-order valence-electron chi connectivity index (χ3n) is 4.10. The van der Waals surface area contributed by atoms with Crippen LogP contribution in [-0.4, -0.2) is 20.4 Å². The number of thiophene rings is 1. The molecule has 0 aliphatic carbocycles. The van der Waals surface area contributed by atoms with E-state index in [0.29, 0.717) is 18.1 Å². The number of amides is 1. The van der Waals surface area contributed by atoms with Crippen LogP contribution in [0.5, 0.6) is 0 Å². The molecule has 1 amide bonds. The minimum Gasteiger partial charge on any atom is -0.353 e. The van der Waals surface area contributed by atoms with E-state index in [2.05, 4.69) is 11.1 Å². The molecule has 0 saturated heterocycles. The maximum Gasteiger partial charge on any atom is 0.283 e. The van der Waals surface area contributed by atoms with E-state index in [-0.39, 0.29) is 5.91 Å². The molecular weight excluding hydrogens is 350 g/mol. The predicted octanol–water partition coefficient (Wildman–Crippen LogP) is 4.54. The summed E-state index contributed by atoms with van der Waals surface area (Å²) in [5.74, 6) is -0.0178. The van der Waals surface area contributed by atoms with Gasteiger partial charge in [-0.25, -0.2) is 4.98 Å². The van der Waals surface area contributed by atoms with Gasteiger partial charge in [0.2, 0.25) is 0 Å². The van der Waals surface area contributed by atoms with Crippen molar-refractivity contribution in [1.82, 2.24) is 14.5 Å². The van der Waals surface area contributed by atoms with Gasteiger partial charge in [0.15, 0.2) is 5.01 Å². The van der Waals surface area contributed by atoms with Crippen LogP contribution in [0, 0.1) is 0 Å². The maximum absolute atomic E-state index is 13.1. The van der Waals surface area contributed by atoms with Crippen LogP contribution in [0.3, 0.4) is 0 Å². The number of hydrogen-bond donors (Lipinski definition) is 0. The first-order valence-electron chi connectivity index (χ1n) is 7.98. The van der Waals surface area contributed by atoms with Crippen molar-refractivity contribution in [2.45, 2.75) is 13.1 Å². The molecule has 0 aliphatic rings. The van der Waals surface area contributed by atoms with E-state index in [0.717, 1.165) is 15.9 Å². The predicted molar refractivity (Wildman–Crippen MR) is 103 cm³/mol. The number of thiazole rings is 1. The molecule has 0 unspecified atom stereocenters. The fraction of sp³-hybridized carbons (Fsp3) is 0.158. The Kier molecular flexibility index (Phi) is 4.38.